The maximum Gasteiger partial charge on any atom is 0.0490 e. The van der Waals surface area contributed by atoms with E-state index >= 15 is 0 Å². The summed E-state index contributed by atoms with van der Waals surface area (Å²) in [5.41, 5.74) is 1.35. The first-order valence-corrected chi connectivity index (χ1v) is 8.37. The zero-order valence-electron chi connectivity index (χ0n) is 13.0. The van der Waals surface area contributed by atoms with Crippen LogP contribution in [0.4, 0.5) is 0 Å². The summed E-state index contributed by atoms with van der Waals surface area (Å²) in [4.78, 5) is 0. The van der Waals surface area contributed by atoms with E-state index in [2.05, 4.69) is 30.1 Å². The summed E-state index contributed by atoms with van der Waals surface area (Å²) in [6.45, 7) is 4.56. The Bertz CT molecular complexity index is 279. The highest BCUT2D eigenvalue weighted by Crippen LogP contribution is 2.27. The zero-order valence-corrected chi connectivity index (χ0v) is 13.0. The van der Waals surface area contributed by atoms with Crippen molar-refractivity contribution in [3.05, 3.63) is 18.0 Å². The summed E-state index contributed by atoms with van der Waals surface area (Å²) in [5, 5.41) is 7.30. The number of aromatic amines is 1. The number of hydrogen-bond acceptors (Lipinski definition) is 1. The number of H-pyrrole nitrogens is 1. The largest absolute Gasteiger partial charge is 0.282 e. The molecule has 1 aromatic rings. The number of nitrogens with one attached hydrogen (secondary N) is 1. The summed E-state index contributed by atoms with van der Waals surface area (Å²) in [7, 11) is 0. The fourth-order valence-corrected chi connectivity index (χ4v) is 2.76. The lowest BCUT2D eigenvalue weighted by Gasteiger charge is -2.15. The van der Waals surface area contributed by atoms with Gasteiger partial charge in [0.2, 0.25) is 0 Å². The van der Waals surface area contributed by atoms with E-state index < -0.39 is 0 Å². The Morgan fingerprint density at radius 1 is 0.895 bits per heavy atom. The van der Waals surface area contributed by atoms with Crippen LogP contribution in [0, 0.1) is 0 Å². The Kier molecular flexibility index (Phi) is 9.48. The molecule has 0 aliphatic rings. The van der Waals surface area contributed by atoms with Crippen LogP contribution in [0.25, 0.3) is 0 Å². The van der Waals surface area contributed by atoms with Gasteiger partial charge >= 0.3 is 0 Å². The minimum Gasteiger partial charge on any atom is -0.282 e. The molecule has 1 unspecified atom stereocenters. The van der Waals surface area contributed by atoms with Crippen molar-refractivity contribution in [2.45, 2.75) is 90.4 Å². The van der Waals surface area contributed by atoms with Gasteiger partial charge in [-0.25, -0.2) is 0 Å². The predicted molar refractivity (Wildman–Crippen MR) is 83.5 cm³/mol. The number of rotatable bonds is 12. The van der Waals surface area contributed by atoms with E-state index in [0.717, 1.165) is 0 Å². The quantitative estimate of drug-likeness (QED) is 0.473. The van der Waals surface area contributed by atoms with Crippen LogP contribution in [-0.4, -0.2) is 10.2 Å². The second-order valence-corrected chi connectivity index (χ2v) is 5.76. The van der Waals surface area contributed by atoms with Crippen molar-refractivity contribution in [2.24, 2.45) is 0 Å². The molecule has 1 aromatic heterocycles. The van der Waals surface area contributed by atoms with Gasteiger partial charge < -0.3 is 0 Å². The van der Waals surface area contributed by atoms with E-state index in [1.165, 1.54) is 76.3 Å². The van der Waals surface area contributed by atoms with Gasteiger partial charge in [0.1, 0.15) is 0 Å². The lowest BCUT2D eigenvalue weighted by molar-refractivity contribution is 0.485. The highest BCUT2D eigenvalue weighted by molar-refractivity contribution is 5.05. The standard InChI is InChI=1S/C17H32N2/c1-3-5-7-9-11-13-16(12-10-8-6-4-2)17-14-15-18-19-17/h14-16H,3-13H2,1-2H3,(H,18,19). The van der Waals surface area contributed by atoms with Gasteiger partial charge in [-0.15, -0.1) is 0 Å². The molecule has 0 saturated carbocycles. The smallest absolute Gasteiger partial charge is 0.0490 e. The highest BCUT2D eigenvalue weighted by Gasteiger charge is 2.12. The topological polar surface area (TPSA) is 28.7 Å². The molecule has 1 N–H and O–H groups in total. The van der Waals surface area contributed by atoms with E-state index in [0.29, 0.717) is 5.92 Å². The van der Waals surface area contributed by atoms with Gasteiger partial charge in [-0.1, -0.05) is 71.6 Å². The molecule has 0 saturated heterocycles. The normalized spacial score (nSPS) is 12.7. The van der Waals surface area contributed by atoms with Gasteiger partial charge in [-0.3, -0.25) is 5.10 Å². The molecule has 1 heterocycles. The molecule has 0 bridgehead atoms. The summed E-state index contributed by atoms with van der Waals surface area (Å²) in [5.74, 6) is 0.709. The number of nitrogens with zero attached hydrogens (tertiary/aromatic N) is 1. The Balaban J connectivity index is 2.25. The molecule has 1 atom stereocenters. The molecule has 2 nitrogen and oxygen atoms in total. The average Bonchev–Trinajstić information content (AvgIpc) is 2.95. The van der Waals surface area contributed by atoms with E-state index in [-0.39, 0.29) is 0 Å². The molecule has 110 valence electrons. The molecule has 0 radical (unpaired) electrons. The molecule has 2 heteroatoms. The average molecular weight is 264 g/mol. The fraction of sp³-hybridized carbons (Fsp3) is 0.824. The highest BCUT2D eigenvalue weighted by atomic mass is 15.1. The zero-order chi connectivity index (χ0) is 13.8. The van der Waals surface area contributed by atoms with Crippen LogP contribution in [0.2, 0.25) is 0 Å². The van der Waals surface area contributed by atoms with Gasteiger partial charge in [0, 0.05) is 17.8 Å². The van der Waals surface area contributed by atoms with Crippen LogP contribution < -0.4 is 0 Å². The van der Waals surface area contributed by atoms with E-state index in [4.69, 9.17) is 0 Å². The van der Waals surface area contributed by atoms with Crippen LogP contribution in [-0.2, 0) is 0 Å². The third-order valence-electron chi connectivity index (χ3n) is 4.02. The van der Waals surface area contributed by atoms with Crippen LogP contribution in [0.15, 0.2) is 12.3 Å². The SMILES string of the molecule is CCCCCCCC(CCCCCC)c1ccn[nH]1. The molecular weight excluding hydrogens is 232 g/mol. The van der Waals surface area contributed by atoms with Crippen molar-refractivity contribution >= 4 is 0 Å². The van der Waals surface area contributed by atoms with Crippen LogP contribution in [0.5, 0.6) is 0 Å². The van der Waals surface area contributed by atoms with Crippen molar-refractivity contribution in [3.63, 3.8) is 0 Å². The number of aromatic nitrogens is 2. The Labute approximate surface area is 119 Å². The maximum absolute atomic E-state index is 4.12. The van der Waals surface area contributed by atoms with Gasteiger partial charge in [-0.2, -0.15) is 5.10 Å². The Morgan fingerprint density at radius 3 is 2.00 bits per heavy atom. The molecule has 0 amide bonds. The molecule has 1 rings (SSSR count). The lowest BCUT2D eigenvalue weighted by Crippen LogP contribution is -2.00. The molecule has 0 aromatic carbocycles. The summed E-state index contributed by atoms with van der Waals surface area (Å²) in [6.07, 6.45) is 16.9. The molecule has 0 aliphatic heterocycles. The van der Waals surface area contributed by atoms with E-state index in [1.807, 2.05) is 6.20 Å². The van der Waals surface area contributed by atoms with Crippen molar-refractivity contribution < 1.29 is 0 Å². The van der Waals surface area contributed by atoms with Gasteiger partial charge in [-0.05, 0) is 18.9 Å². The van der Waals surface area contributed by atoms with E-state index in [1.54, 1.807) is 0 Å². The van der Waals surface area contributed by atoms with Crippen LogP contribution in [0.3, 0.4) is 0 Å². The summed E-state index contributed by atoms with van der Waals surface area (Å²) >= 11 is 0. The summed E-state index contributed by atoms with van der Waals surface area (Å²) in [6, 6.07) is 2.16. The van der Waals surface area contributed by atoms with Gasteiger partial charge in [0.25, 0.3) is 0 Å². The molecule has 0 aliphatic carbocycles. The second-order valence-electron chi connectivity index (χ2n) is 5.76. The molecular formula is C17H32N2. The predicted octanol–water partition coefficient (Wildman–Crippen LogP) is 5.82. The Morgan fingerprint density at radius 2 is 1.47 bits per heavy atom. The fourth-order valence-electron chi connectivity index (χ4n) is 2.76. The Hall–Kier alpha value is -0.790. The third kappa shape index (κ3) is 7.39. The van der Waals surface area contributed by atoms with E-state index in [9.17, 15) is 0 Å². The minimum atomic E-state index is 0.709. The first kappa shape index (κ1) is 16.3. The van der Waals surface area contributed by atoms with Crippen molar-refractivity contribution in [3.8, 4) is 0 Å². The second kappa shape index (κ2) is 11.1. The minimum absolute atomic E-state index is 0.709. The summed E-state index contributed by atoms with van der Waals surface area (Å²) < 4.78 is 0. The van der Waals surface area contributed by atoms with Crippen LogP contribution >= 0.6 is 0 Å². The van der Waals surface area contributed by atoms with Crippen molar-refractivity contribution in [1.82, 2.24) is 10.2 Å². The number of hydrogen-bond donors (Lipinski definition) is 1. The maximum atomic E-state index is 4.12. The lowest BCUT2D eigenvalue weighted by atomic mass is 9.92. The van der Waals surface area contributed by atoms with Gasteiger partial charge in [0.05, 0.1) is 0 Å². The first-order chi connectivity index (χ1) is 9.38. The van der Waals surface area contributed by atoms with Gasteiger partial charge in [0.15, 0.2) is 0 Å². The monoisotopic (exact) mass is 264 g/mol. The van der Waals surface area contributed by atoms with Crippen LogP contribution in [0.1, 0.15) is 96.1 Å². The molecule has 0 fully saturated rings. The first-order valence-electron chi connectivity index (χ1n) is 8.37. The molecule has 19 heavy (non-hydrogen) atoms. The van der Waals surface area contributed by atoms with Crippen molar-refractivity contribution in [2.75, 3.05) is 0 Å². The number of unbranched alkanes of at least 4 members (excludes halogenated alkanes) is 7. The molecule has 0 spiro atoms. The van der Waals surface area contributed by atoms with Crippen molar-refractivity contribution in [1.29, 1.82) is 0 Å². The third-order valence-corrected chi connectivity index (χ3v) is 4.02.